The summed E-state index contributed by atoms with van der Waals surface area (Å²) in [5, 5.41) is 0. The summed E-state index contributed by atoms with van der Waals surface area (Å²) in [6.45, 7) is 14.2. The summed E-state index contributed by atoms with van der Waals surface area (Å²) in [4.78, 5) is 2.52. The van der Waals surface area contributed by atoms with Crippen molar-refractivity contribution in [1.29, 1.82) is 0 Å². The van der Waals surface area contributed by atoms with Gasteiger partial charge >= 0.3 is 0 Å². The zero-order valence-corrected chi connectivity index (χ0v) is 15.2. The van der Waals surface area contributed by atoms with Gasteiger partial charge in [0.1, 0.15) is 13.1 Å². The molecule has 1 aliphatic heterocycles. The van der Waals surface area contributed by atoms with Gasteiger partial charge in [-0.3, -0.25) is 0 Å². The molecule has 1 heterocycles. The van der Waals surface area contributed by atoms with Crippen LogP contribution in [0.4, 0.5) is 0 Å². The van der Waals surface area contributed by atoms with Gasteiger partial charge in [0.15, 0.2) is 5.71 Å². The third-order valence-electron chi connectivity index (χ3n) is 4.33. The van der Waals surface area contributed by atoms with Crippen LogP contribution in [0.3, 0.4) is 0 Å². The fourth-order valence-electron chi connectivity index (χ4n) is 3.38. The maximum absolute atomic E-state index is 2.62. The summed E-state index contributed by atoms with van der Waals surface area (Å²) < 4.78 is 2.62. The molecule has 0 radical (unpaired) electrons. The lowest BCUT2D eigenvalue weighted by Gasteiger charge is -2.35. The predicted octanol–water partition coefficient (Wildman–Crippen LogP) is 0.283. The summed E-state index contributed by atoms with van der Waals surface area (Å²) >= 11 is 0. The van der Waals surface area contributed by atoms with Gasteiger partial charge in [-0.1, -0.05) is 13.8 Å². The van der Waals surface area contributed by atoms with E-state index in [-0.39, 0.29) is 24.0 Å². The van der Waals surface area contributed by atoms with Crippen molar-refractivity contribution in [2.75, 3.05) is 26.2 Å². The van der Waals surface area contributed by atoms with E-state index in [1.54, 1.807) is 11.4 Å². The fourth-order valence-corrected chi connectivity index (χ4v) is 3.38. The predicted molar refractivity (Wildman–Crippen MR) is 78.3 cm³/mol. The summed E-state index contributed by atoms with van der Waals surface area (Å²) in [6.07, 6.45) is 7.71. The molecule has 0 spiro atoms. The topological polar surface area (TPSA) is 6.25 Å². The molecule has 2 nitrogen and oxygen atoms in total. The second-order valence-corrected chi connectivity index (χ2v) is 6.51. The Morgan fingerprint density at radius 2 is 1.68 bits per heavy atom. The van der Waals surface area contributed by atoms with Crippen molar-refractivity contribution in [2.24, 2.45) is 5.41 Å². The molecule has 0 aromatic heterocycles. The van der Waals surface area contributed by atoms with E-state index in [9.17, 15) is 0 Å². The van der Waals surface area contributed by atoms with Crippen molar-refractivity contribution in [3.8, 4) is 0 Å². The Kier molecular flexibility index (Phi) is 6.34. The highest BCUT2D eigenvalue weighted by Gasteiger charge is 2.33. The van der Waals surface area contributed by atoms with Crippen LogP contribution in [0.1, 0.15) is 53.4 Å². The van der Waals surface area contributed by atoms with E-state index in [0.717, 1.165) is 13.1 Å². The number of rotatable bonds is 3. The maximum atomic E-state index is 2.62. The van der Waals surface area contributed by atoms with Crippen molar-refractivity contribution in [3.05, 3.63) is 11.8 Å². The highest BCUT2D eigenvalue weighted by atomic mass is 127. The molecule has 0 aromatic carbocycles. The minimum Gasteiger partial charge on any atom is -1.00 e. The van der Waals surface area contributed by atoms with Gasteiger partial charge in [0.25, 0.3) is 0 Å². The third kappa shape index (κ3) is 4.20. The van der Waals surface area contributed by atoms with Crippen LogP contribution in [0.15, 0.2) is 11.8 Å². The highest BCUT2D eigenvalue weighted by Crippen LogP contribution is 2.35. The molecule has 1 fully saturated rings. The van der Waals surface area contributed by atoms with Gasteiger partial charge in [0, 0.05) is 44.1 Å². The minimum absolute atomic E-state index is 0. The number of halogens is 1. The molecule has 0 amide bonds. The highest BCUT2D eigenvalue weighted by molar-refractivity contribution is 5.92. The molecule has 2 aliphatic rings. The van der Waals surface area contributed by atoms with Gasteiger partial charge in [0.2, 0.25) is 0 Å². The van der Waals surface area contributed by atoms with E-state index in [2.05, 4.69) is 43.2 Å². The normalized spacial score (nSPS) is 22.0. The van der Waals surface area contributed by atoms with Crippen LogP contribution >= 0.6 is 0 Å². The molecule has 0 N–H and O–H groups in total. The fraction of sp³-hybridized carbons (Fsp3) is 0.812. The Morgan fingerprint density at radius 3 is 2.21 bits per heavy atom. The van der Waals surface area contributed by atoms with Gasteiger partial charge in [-0.2, -0.15) is 0 Å². The van der Waals surface area contributed by atoms with Crippen LogP contribution in [0, 0.1) is 5.41 Å². The Hall–Kier alpha value is -0.0600. The Labute approximate surface area is 136 Å². The summed E-state index contributed by atoms with van der Waals surface area (Å²) in [7, 11) is 0. The van der Waals surface area contributed by atoms with Crippen LogP contribution in [0.5, 0.6) is 0 Å². The van der Waals surface area contributed by atoms with Gasteiger partial charge in [-0.05, 0) is 25.7 Å². The van der Waals surface area contributed by atoms with E-state index in [1.807, 2.05) is 0 Å². The van der Waals surface area contributed by atoms with Crippen molar-refractivity contribution in [1.82, 2.24) is 4.90 Å². The van der Waals surface area contributed by atoms with Crippen LogP contribution in [-0.2, 0) is 0 Å². The summed E-state index contributed by atoms with van der Waals surface area (Å²) in [6, 6.07) is 0. The zero-order chi connectivity index (χ0) is 13.2. The number of nitrogens with zero attached hydrogens (tertiary/aromatic N) is 2. The van der Waals surface area contributed by atoms with E-state index in [1.165, 1.54) is 38.8 Å². The van der Waals surface area contributed by atoms with Gasteiger partial charge in [0.05, 0.1) is 0 Å². The Bertz CT molecular complexity index is 357. The molecule has 0 aromatic rings. The smallest absolute Gasteiger partial charge is 0.178 e. The molecule has 2 rings (SSSR count). The van der Waals surface area contributed by atoms with Crippen LogP contribution in [0.25, 0.3) is 0 Å². The van der Waals surface area contributed by atoms with E-state index < -0.39 is 0 Å². The van der Waals surface area contributed by atoms with E-state index >= 15 is 0 Å². The van der Waals surface area contributed by atoms with Crippen molar-refractivity contribution < 1.29 is 28.6 Å². The molecule has 0 atom stereocenters. The number of allylic oxidation sites excluding steroid dienone is 2. The van der Waals surface area contributed by atoms with Crippen molar-refractivity contribution in [2.45, 2.75) is 53.4 Å². The average molecular weight is 376 g/mol. The molecule has 1 aliphatic carbocycles. The lowest BCUT2D eigenvalue weighted by Crippen LogP contribution is -3.00. The van der Waals surface area contributed by atoms with Crippen molar-refractivity contribution >= 4 is 5.71 Å². The molecule has 1 saturated heterocycles. The Morgan fingerprint density at radius 1 is 1.11 bits per heavy atom. The molecular formula is C16H29IN2. The molecular weight excluding hydrogens is 347 g/mol. The second kappa shape index (κ2) is 7.09. The average Bonchev–Trinajstić information content (AvgIpc) is 2.82. The Balaban J connectivity index is 0.00000180. The molecule has 0 saturated carbocycles. The van der Waals surface area contributed by atoms with Crippen molar-refractivity contribution in [3.63, 3.8) is 0 Å². The standard InChI is InChI=1S/C16H29N2.HI/c1-5-17(6-2)14-11-15(13-16(3,4)12-14)18-9-7-8-10-18;/h11H,5-10,12-13H2,1-4H3;1H/q+1;/p-1. The quantitative estimate of drug-likeness (QED) is 0.507. The summed E-state index contributed by atoms with van der Waals surface area (Å²) in [5.74, 6) is 0. The lowest BCUT2D eigenvalue weighted by molar-refractivity contribution is -0.507. The largest absolute Gasteiger partial charge is 1.00 e. The van der Waals surface area contributed by atoms with Crippen LogP contribution < -0.4 is 24.0 Å². The SMILES string of the molecule is CCN(CC)C1=CC(=[N+]2CCCC2)CC(C)(C)C1.[I-]. The van der Waals surface area contributed by atoms with Crippen LogP contribution in [0.2, 0.25) is 0 Å². The third-order valence-corrected chi connectivity index (χ3v) is 4.33. The van der Waals surface area contributed by atoms with E-state index in [4.69, 9.17) is 0 Å². The monoisotopic (exact) mass is 376 g/mol. The van der Waals surface area contributed by atoms with Gasteiger partial charge in [-0.15, -0.1) is 0 Å². The summed E-state index contributed by atoms with van der Waals surface area (Å²) in [5.41, 5.74) is 3.56. The number of hydrogen-bond donors (Lipinski definition) is 0. The van der Waals surface area contributed by atoms with E-state index in [0.29, 0.717) is 5.41 Å². The van der Waals surface area contributed by atoms with Gasteiger partial charge in [-0.25, -0.2) is 4.58 Å². The molecule has 0 bridgehead atoms. The minimum atomic E-state index is 0. The molecule has 3 heteroatoms. The first-order valence-electron chi connectivity index (χ1n) is 7.62. The van der Waals surface area contributed by atoms with Gasteiger partial charge < -0.3 is 28.9 Å². The maximum Gasteiger partial charge on any atom is 0.178 e. The molecule has 110 valence electrons. The lowest BCUT2D eigenvalue weighted by atomic mass is 9.78. The molecule has 0 unspecified atom stereocenters. The van der Waals surface area contributed by atoms with Crippen LogP contribution in [-0.4, -0.2) is 41.4 Å². The first-order chi connectivity index (χ1) is 8.55. The number of hydrogen-bond acceptors (Lipinski definition) is 1. The first-order valence-corrected chi connectivity index (χ1v) is 7.62. The molecule has 19 heavy (non-hydrogen) atoms. The first kappa shape index (κ1) is 17.0. The zero-order valence-electron chi connectivity index (χ0n) is 13.0. The second-order valence-electron chi connectivity index (χ2n) is 6.51.